The van der Waals surface area contributed by atoms with Crippen molar-refractivity contribution in [3.05, 3.63) is 32.8 Å². The Bertz CT molecular complexity index is 464. The second-order valence-electron chi connectivity index (χ2n) is 5.06. The van der Waals surface area contributed by atoms with Crippen molar-refractivity contribution in [2.45, 2.75) is 32.7 Å². The number of benzene rings is 1. The first-order valence-electron chi connectivity index (χ1n) is 6.19. The van der Waals surface area contributed by atoms with Crippen molar-refractivity contribution >= 4 is 27.3 Å². The minimum atomic E-state index is -0.301. The summed E-state index contributed by atoms with van der Waals surface area (Å²) in [6, 6.07) is 5.65. The molecular weight excluding hydrogens is 296 g/mol. The molecule has 1 aliphatic rings. The summed E-state index contributed by atoms with van der Waals surface area (Å²) in [5.41, 5.74) is 0.924. The minimum absolute atomic E-state index is 0.186. The van der Waals surface area contributed by atoms with Gasteiger partial charge < -0.3 is 4.90 Å². The summed E-state index contributed by atoms with van der Waals surface area (Å²) in [5.74, 6) is 0.700. The van der Waals surface area contributed by atoms with Gasteiger partial charge in [0.1, 0.15) is 5.69 Å². The Kier molecular flexibility index (Phi) is 3.90. The first-order valence-corrected chi connectivity index (χ1v) is 6.99. The van der Waals surface area contributed by atoms with Crippen LogP contribution in [-0.4, -0.2) is 17.5 Å². The Labute approximate surface area is 115 Å². The Morgan fingerprint density at radius 3 is 2.78 bits per heavy atom. The summed E-state index contributed by atoms with van der Waals surface area (Å²) in [4.78, 5) is 13.0. The fourth-order valence-corrected chi connectivity index (χ4v) is 3.00. The number of nitrogens with zero attached hydrogens (tertiary/aromatic N) is 2. The SMILES string of the molecule is CC1CCN(c2ccc(Br)cc2[N+](=O)[O-])C(C)C1. The molecule has 1 aliphatic heterocycles. The van der Waals surface area contributed by atoms with Gasteiger partial charge in [0.25, 0.3) is 5.69 Å². The van der Waals surface area contributed by atoms with Gasteiger partial charge in [-0.05, 0) is 37.8 Å². The van der Waals surface area contributed by atoms with E-state index in [0.29, 0.717) is 12.0 Å². The molecule has 1 heterocycles. The summed E-state index contributed by atoms with van der Waals surface area (Å²) >= 11 is 3.29. The molecule has 1 fully saturated rings. The lowest BCUT2D eigenvalue weighted by atomic mass is 9.93. The van der Waals surface area contributed by atoms with E-state index < -0.39 is 0 Å². The van der Waals surface area contributed by atoms with E-state index in [1.54, 1.807) is 6.07 Å². The van der Waals surface area contributed by atoms with Crippen LogP contribution in [0.25, 0.3) is 0 Å². The number of anilines is 1. The molecule has 0 aromatic heterocycles. The van der Waals surface area contributed by atoms with Crippen LogP contribution >= 0.6 is 15.9 Å². The van der Waals surface area contributed by atoms with Crippen LogP contribution in [0.1, 0.15) is 26.7 Å². The molecule has 0 saturated carbocycles. The maximum absolute atomic E-state index is 11.1. The average Bonchev–Trinajstić information content (AvgIpc) is 2.29. The van der Waals surface area contributed by atoms with Crippen molar-refractivity contribution in [2.75, 3.05) is 11.4 Å². The highest BCUT2D eigenvalue weighted by atomic mass is 79.9. The lowest BCUT2D eigenvalue weighted by Crippen LogP contribution is -2.40. The molecule has 0 amide bonds. The van der Waals surface area contributed by atoms with Gasteiger partial charge in [0.15, 0.2) is 0 Å². The third-order valence-corrected chi connectivity index (χ3v) is 4.08. The van der Waals surface area contributed by atoms with Gasteiger partial charge in [-0.1, -0.05) is 22.9 Å². The predicted octanol–water partition coefficient (Wildman–Crippen LogP) is 3.98. The van der Waals surface area contributed by atoms with Gasteiger partial charge in [-0.2, -0.15) is 0 Å². The zero-order valence-electron chi connectivity index (χ0n) is 10.6. The van der Waals surface area contributed by atoms with Crippen LogP contribution in [0.2, 0.25) is 0 Å². The maximum atomic E-state index is 11.1. The Balaban J connectivity index is 2.35. The molecule has 0 radical (unpaired) electrons. The van der Waals surface area contributed by atoms with Crippen LogP contribution in [-0.2, 0) is 0 Å². The first kappa shape index (κ1) is 13.3. The Morgan fingerprint density at radius 2 is 2.17 bits per heavy atom. The van der Waals surface area contributed by atoms with Gasteiger partial charge >= 0.3 is 0 Å². The lowest BCUT2D eigenvalue weighted by molar-refractivity contribution is -0.384. The van der Waals surface area contributed by atoms with Gasteiger partial charge in [-0.3, -0.25) is 10.1 Å². The lowest BCUT2D eigenvalue weighted by Gasteiger charge is -2.37. The average molecular weight is 313 g/mol. The maximum Gasteiger partial charge on any atom is 0.293 e. The molecular formula is C13H17BrN2O2. The number of hydrogen-bond acceptors (Lipinski definition) is 3. The van der Waals surface area contributed by atoms with Crippen molar-refractivity contribution < 1.29 is 4.92 Å². The first-order chi connectivity index (χ1) is 8.49. The molecule has 0 N–H and O–H groups in total. The molecule has 0 spiro atoms. The molecule has 2 atom stereocenters. The van der Waals surface area contributed by atoms with Gasteiger partial charge in [0, 0.05) is 23.1 Å². The van der Waals surface area contributed by atoms with Crippen LogP contribution in [0.3, 0.4) is 0 Å². The standard InChI is InChI=1S/C13H17BrN2O2/c1-9-5-6-15(10(2)7-9)12-4-3-11(14)8-13(12)16(17)18/h3-4,8-10H,5-7H2,1-2H3. The Morgan fingerprint density at radius 1 is 1.44 bits per heavy atom. The molecule has 18 heavy (non-hydrogen) atoms. The zero-order chi connectivity index (χ0) is 13.3. The van der Waals surface area contributed by atoms with E-state index >= 15 is 0 Å². The van der Waals surface area contributed by atoms with Crippen molar-refractivity contribution in [1.82, 2.24) is 0 Å². The molecule has 2 rings (SSSR count). The van der Waals surface area contributed by atoms with Crippen LogP contribution in [0.15, 0.2) is 22.7 Å². The van der Waals surface area contributed by atoms with Crippen molar-refractivity contribution in [1.29, 1.82) is 0 Å². The zero-order valence-corrected chi connectivity index (χ0v) is 12.2. The van der Waals surface area contributed by atoms with E-state index in [1.165, 1.54) is 0 Å². The van der Waals surface area contributed by atoms with Gasteiger partial charge in [-0.25, -0.2) is 0 Å². The van der Waals surface area contributed by atoms with E-state index in [4.69, 9.17) is 0 Å². The summed E-state index contributed by atoms with van der Waals surface area (Å²) in [7, 11) is 0. The van der Waals surface area contributed by atoms with Gasteiger partial charge in [0.2, 0.25) is 0 Å². The highest BCUT2D eigenvalue weighted by Gasteiger charge is 2.28. The number of hydrogen-bond donors (Lipinski definition) is 0. The Hall–Kier alpha value is -1.10. The molecule has 4 nitrogen and oxygen atoms in total. The minimum Gasteiger partial charge on any atom is -0.363 e. The molecule has 5 heteroatoms. The number of rotatable bonds is 2. The number of piperidine rings is 1. The predicted molar refractivity (Wildman–Crippen MR) is 76.0 cm³/mol. The molecule has 1 aromatic rings. The normalized spacial score (nSPS) is 24.1. The highest BCUT2D eigenvalue weighted by molar-refractivity contribution is 9.10. The van der Waals surface area contributed by atoms with E-state index in [1.807, 2.05) is 12.1 Å². The molecule has 1 saturated heterocycles. The number of nitro groups is 1. The second-order valence-corrected chi connectivity index (χ2v) is 5.98. The summed E-state index contributed by atoms with van der Waals surface area (Å²) in [5, 5.41) is 11.1. The smallest absolute Gasteiger partial charge is 0.293 e. The molecule has 0 bridgehead atoms. The molecule has 0 aliphatic carbocycles. The summed E-state index contributed by atoms with van der Waals surface area (Å²) in [6.45, 7) is 5.27. The molecule has 98 valence electrons. The van der Waals surface area contributed by atoms with E-state index in [0.717, 1.165) is 29.5 Å². The topological polar surface area (TPSA) is 46.4 Å². The van der Waals surface area contributed by atoms with E-state index in [2.05, 4.69) is 34.7 Å². The van der Waals surface area contributed by atoms with Crippen LogP contribution in [0, 0.1) is 16.0 Å². The van der Waals surface area contributed by atoms with Crippen molar-refractivity contribution in [3.63, 3.8) is 0 Å². The summed E-state index contributed by atoms with van der Waals surface area (Å²) in [6.07, 6.45) is 2.19. The highest BCUT2D eigenvalue weighted by Crippen LogP contribution is 2.35. The number of halogens is 1. The van der Waals surface area contributed by atoms with Crippen molar-refractivity contribution in [3.8, 4) is 0 Å². The van der Waals surface area contributed by atoms with Crippen molar-refractivity contribution in [2.24, 2.45) is 5.92 Å². The monoisotopic (exact) mass is 312 g/mol. The van der Waals surface area contributed by atoms with E-state index in [9.17, 15) is 10.1 Å². The fourth-order valence-electron chi connectivity index (χ4n) is 2.65. The molecule has 2 unspecified atom stereocenters. The van der Waals surface area contributed by atoms with Crippen LogP contribution in [0.5, 0.6) is 0 Å². The van der Waals surface area contributed by atoms with Gasteiger partial charge in [-0.15, -0.1) is 0 Å². The van der Waals surface area contributed by atoms with Crippen LogP contribution < -0.4 is 4.90 Å². The fraction of sp³-hybridized carbons (Fsp3) is 0.538. The quantitative estimate of drug-likeness (QED) is 0.613. The van der Waals surface area contributed by atoms with Gasteiger partial charge in [0.05, 0.1) is 4.92 Å². The number of nitro benzene ring substituents is 1. The van der Waals surface area contributed by atoms with Crippen LogP contribution in [0.4, 0.5) is 11.4 Å². The second kappa shape index (κ2) is 5.26. The third kappa shape index (κ3) is 2.66. The third-order valence-electron chi connectivity index (χ3n) is 3.58. The molecule has 1 aromatic carbocycles. The van der Waals surface area contributed by atoms with E-state index in [-0.39, 0.29) is 10.6 Å². The summed E-state index contributed by atoms with van der Waals surface area (Å²) < 4.78 is 0.746. The largest absolute Gasteiger partial charge is 0.363 e.